The maximum atomic E-state index is 13.4. The minimum atomic E-state index is -0.508. The smallest absolute Gasteiger partial charge is 0.242 e. The van der Waals surface area contributed by atoms with Crippen LogP contribution in [-0.2, 0) is 6.54 Å². The van der Waals surface area contributed by atoms with Crippen LogP contribution in [0.4, 0.5) is 20.3 Å². The van der Waals surface area contributed by atoms with Gasteiger partial charge >= 0.3 is 0 Å². The Morgan fingerprint density at radius 3 is 2.84 bits per heavy atom. The molecule has 5 nitrogen and oxygen atoms in total. The molecular formula is C12H12F2N4O. The number of anilines is 2. The molecule has 0 aliphatic heterocycles. The maximum Gasteiger partial charge on any atom is 0.242 e. The average Bonchev–Trinajstić information content (AvgIpc) is 2.41. The van der Waals surface area contributed by atoms with E-state index in [0.717, 1.165) is 18.2 Å². The summed E-state index contributed by atoms with van der Waals surface area (Å²) in [4.78, 5) is 7.72. The number of rotatable bonds is 4. The Labute approximate surface area is 108 Å². The van der Waals surface area contributed by atoms with Crippen molar-refractivity contribution in [2.75, 3.05) is 18.2 Å². The Bertz CT molecular complexity index is 592. The molecule has 0 aliphatic carbocycles. The van der Waals surface area contributed by atoms with E-state index >= 15 is 0 Å². The molecule has 3 N–H and O–H groups in total. The quantitative estimate of drug-likeness (QED) is 0.885. The van der Waals surface area contributed by atoms with Gasteiger partial charge in [0.05, 0.1) is 7.11 Å². The molecule has 0 radical (unpaired) electrons. The Hall–Kier alpha value is -2.44. The molecule has 0 unspecified atom stereocenters. The first kappa shape index (κ1) is 13.0. The van der Waals surface area contributed by atoms with Gasteiger partial charge in [0.15, 0.2) is 5.82 Å². The summed E-state index contributed by atoms with van der Waals surface area (Å²) in [7, 11) is 1.43. The van der Waals surface area contributed by atoms with Crippen LogP contribution in [0.2, 0.25) is 0 Å². The van der Waals surface area contributed by atoms with E-state index in [1.165, 1.54) is 13.4 Å². The second kappa shape index (κ2) is 5.47. The molecular weight excluding hydrogens is 254 g/mol. The van der Waals surface area contributed by atoms with Gasteiger partial charge in [0.1, 0.15) is 23.6 Å². The number of nitrogens with two attached hydrogens (primary N) is 1. The van der Waals surface area contributed by atoms with Crippen LogP contribution in [0.15, 0.2) is 24.5 Å². The number of nitrogens with zero attached hydrogens (tertiary/aromatic N) is 2. The Morgan fingerprint density at radius 2 is 2.11 bits per heavy atom. The first-order valence-electron chi connectivity index (χ1n) is 5.44. The number of hydrogen-bond acceptors (Lipinski definition) is 5. The summed E-state index contributed by atoms with van der Waals surface area (Å²) in [5.41, 5.74) is 6.13. The number of halogens is 2. The van der Waals surface area contributed by atoms with Crippen LogP contribution < -0.4 is 15.8 Å². The standard InChI is InChI=1S/C12H12F2N4O/c1-19-12-10(15)11(17-6-18-12)16-5-7-4-8(13)2-3-9(7)14/h2-4,6H,5,15H2,1H3,(H,16,17,18). The summed E-state index contributed by atoms with van der Waals surface area (Å²) in [5, 5.41) is 2.81. The van der Waals surface area contributed by atoms with Gasteiger partial charge < -0.3 is 15.8 Å². The summed E-state index contributed by atoms with van der Waals surface area (Å²) >= 11 is 0. The summed E-state index contributed by atoms with van der Waals surface area (Å²) < 4.78 is 31.4. The molecule has 0 saturated heterocycles. The molecule has 19 heavy (non-hydrogen) atoms. The monoisotopic (exact) mass is 266 g/mol. The summed E-state index contributed by atoms with van der Waals surface area (Å²) in [6.07, 6.45) is 1.26. The lowest BCUT2D eigenvalue weighted by molar-refractivity contribution is 0.399. The minimum Gasteiger partial charge on any atom is -0.479 e. The fourth-order valence-electron chi connectivity index (χ4n) is 1.54. The van der Waals surface area contributed by atoms with Crippen molar-refractivity contribution >= 4 is 11.5 Å². The van der Waals surface area contributed by atoms with Crippen molar-refractivity contribution in [1.29, 1.82) is 0 Å². The fraction of sp³-hybridized carbons (Fsp3) is 0.167. The molecule has 1 aromatic heterocycles. The minimum absolute atomic E-state index is 0.0496. The fourth-order valence-corrected chi connectivity index (χ4v) is 1.54. The van der Waals surface area contributed by atoms with Crippen molar-refractivity contribution in [3.63, 3.8) is 0 Å². The van der Waals surface area contributed by atoms with E-state index in [1.807, 2.05) is 0 Å². The highest BCUT2D eigenvalue weighted by Crippen LogP contribution is 2.24. The molecule has 0 saturated carbocycles. The van der Waals surface area contributed by atoms with Crippen molar-refractivity contribution in [3.05, 3.63) is 41.7 Å². The van der Waals surface area contributed by atoms with Crippen molar-refractivity contribution < 1.29 is 13.5 Å². The first-order chi connectivity index (χ1) is 9.11. The molecule has 2 aromatic rings. The number of aromatic nitrogens is 2. The molecule has 100 valence electrons. The van der Waals surface area contributed by atoms with E-state index in [0.29, 0.717) is 5.82 Å². The van der Waals surface area contributed by atoms with Gasteiger partial charge in [-0.15, -0.1) is 0 Å². The van der Waals surface area contributed by atoms with Gasteiger partial charge in [-0.25, -0.2) is 13.8 Å². The van der Waals surface area contributed by atoms with Gasteiger partial charge in [0.25, 0.3) is 0 Å². The lowest BCUT2D eigenvalue weighted by Crippen LogP contribution is -2.08. The van der Waals surface area contributed by atoms with Crippen LogP contribution in [0.5, 0.6) is 5.88 Å². The number of methoxy groups -OCH3 is 1. The van der Waals surface area contributed by atoms with Gasteiger partial charge in [-0.1, -0.05) is 0 Å². The van der Waals surface area contributed by atoms with E-state index in [1.54, 1.807) is 0 Å². The predicted octanol–water partition coefficient (Wildman–Crippen LogP) is 1.96. The zero-order chi connectivity index (χ0) is 13.8. The van der Waals surface area contributed by atoms with Crippen molar-refractivity contribution in [2.24, 2.45) is 0 Å². The van der Waals surface area contributed by atoms with Crippen LogP contribution in [0.25, 0.3) is 0 Å². The number of ether oxygens (including phenoxy) is 1. The molecule has 0 bridgehead atoms. The third kappa shape index (κ3) is 2.87. The van der Waals surface area contributed by atoms with Crippen LogP contribution in [0.3, 0.4) is 0 Å². The lowest BCUT2D eigenvalue weighted by atomic mass is 10.2. The van der Waals surface area contributed by atoms with Crippen LogP contribution in [-0.4, -0.2) is 17.1 Å². The highest BCUT2D eigenvalue weighted by molar-refractivity contribution is 5.66. The highest BCUT2D eigenvalue weighted by Gasteiger charge is 2.09. The van der Waals surface area contributed by atoms with Crippen molar-refractivity contribution in [3.8, 4) is 5.88 Å². The molecule has 2 rings (SSSR count). The number of nitrogens with one attached hydrogen (secondary N) is 1. The SMILES string of the molecule is COc1ncnc(NCc2cc(F)ccc2F)c1N. The molecule has 1 heterocycles. The Balaban J connectivity index is 2.17. The number of nitrogen functional groups attached to an aromatic ring is 1. The number of benzene rings is 1. The van der Waals surface area contributed by atoms with E-state index in [4.69, 9.17) is 10.5 Å². The molecule has 1 aromatic carbocycles. The third-order valence-electron chi connectivity index (χ3n) is 2.49. The molecule has 0 spiro atoms. The van der Waals surface area contributed by atoms with Crippen LogP contribution >= 0.6 is 0 Å². The molecule has 0 amide bonds. The Kier molecular flexibility index (Phi) is 3.74. The summed E-state index contributed by atoms with van der Waals surface area (Å²) in [6.45, 7) is 0.0496. The molecule has 0 fully saturated rings. The Morgan fingerprint density at radius 1 is 1.32 bits per heavy atom. The highest BCUT2D eigenvalue weighted by atomic mass is 19.1. The third-order valence-corrected chi connectivity index (χ3v) is 2.49. The summed E-state index contributed by atoms with van der Waals surface area (Å²) in [6, 6.07) is 3.23. The van der Waals surface area contributed by atoms with Crippen molar-refractivity contribution in [2.45, 2.75) is 6.54 Å². The van der Waals surface area contributed by atoms with E-state index in [-0.39, 0.29) is 23.7 Å². The second-order valence-corrected chi connectivity index (χ2v) is 3.73. The van der Waals surface area contributed by atoms with E-state index in [9.17, 15) is 8.78 Å². The van der Waals surface area contributed by atoms with Crippen LogP contribution in [0.1, 0.15) is 5.56 Å². The number of hydrogen-bond donors (Lipinski definition) is 2. The van der Waals surface area contributed by atoms with Crippen molar-refractivity contribution in [1.82, 2.24) is 9.97 Å². The van der Waals surface area contributed by atoms with Gasteiger partial charge in [0, 0.05) is 12.1 Å². The zero-order valence-electron chi connectivity index (χ0n) is 10.2. The molecule has 0 atom stereocenters. The van der Waals surface area contributed by atoms with Gasteiger partial charge in [0.2, 0.25) is 5.88 Å². The topological polar surface area (TPSA) is 73.1 Å². The van der Waals surface area contributed by atoms with Crippen LogP contribution in [0, 0.1) is 11.6 Å². The van der Waals surface area contributed by atoms with Gasteiger partial charge in [-0.3, -0.25) is 0 Å². The normalized spacial score (nSPS) is 10.3. The largest absolute Gasteiger partial charge is 0.479 e. The molecule has 7 heteroatoms. The lowest BCUT2D eigenvalue weighted by Gasteiger charge is -2.10. The molecule has 0 aliphatic rings. The van der Waals surface area contributed by atoms with Gasteiger partial charge in [-0.05, 0) is 18.2 Å². The zero-order valence-corrected chi connectivity index (χ0v) is 10.2. The second-order valence-electron chi connectivity index (χ2n) is 3.73. The predicted molar refractivity (Wildman–Crippen MR) is 66.7 cm³/mol. The summed E-state index contributed by atoms with van der Waals surface area (Å²) in [5.74, 6) is -0.493. The average molecular weight is 266 g/mol. The maximum absolute atomic E-state index is 13.4. The van der Waals surface area contributed by atoms with E-state index in [2.05, 4.69) is 15.3 Å². The first-order valence-corrected chi connectivity index (χ1v) is 5.44. The van der Waals surface area contributed by atoms with Gasteiger partial charge in [-0.2, -0.15) is 4.98 Å². The van der Waals surface area contributed by atoms with E-state index < -0.39 is 11.6 Å².